The first kappa shape index (κ1) is 12.2. The van der Waals surface area contributed by atoms with Gasteiger partial charge >= 0.3 is 5.69 Å². The minimum Gasteiger partial charge on any atom is -0.480 e. The van der Waals surface area contributed by atoms with Crippen LogP contribution in [0.1, 0.15) is 16.1 Å². The summed E-state index contributed by atoms with van der Waals surface area (Å²) in [5.74, 6) is 0.0672. The van der Waals surface area contributed by atoms with Crippen molar-refractivity contribution < 1.29 is 14.5 Å². The lowest BCUT2D eigenvalue weighted by Crippen LogP contribution is -2.00. The smallest absolute Gasteiger partial charge is 0.310 e. The monoisotopic (exact) mass is 264 g/mol. The van der Waals surface area contributed by atoms with Gasteiger partial charge in [-0.15, -0.1) is 11.3 Å². The molecule has 0 bridgehead atoms. The number of ether oxygens (including phenoxy) is 1. The van der Waals surface area contributed by atoms with E-state index in [4.69, 9.17) is 4.74 Å². The number of carbonyl (C=O) groups excluding carboxylic acids is 1. The zero-order chi connectivity index (χ0) is 13.0. The second kappa shape index (κ2) is 5.37. The van der Waals surface area contributed by atoms with Gasteiger partial charge in [-0.25, -0.2) is 4.98 Å². The summed E-state index contributed by atoms with van der Waals surface area (Å²) >= 11 is 1.41. The van der Waals surface area contributed by atoms with Crippen LogP contribution in [0.25, 0.3) is 0 Å². The van der Waals surface area contributed by atoms with Crippen LogP contribution >= 0.6 is 11.3 Å². The van der Waals surface area contributed by atoms with Crippen LogP contribution in [0.2, 0.25) is 0 Å². The van der Waals surface area contributed by atoms with Gasteiger partial charge in [-0.2, -0.15) is 0 Å². The number of aromatic nitrogens is 1. The van der Waals surface area contributed by atoms with Crippen LogP contribution in [0.15, 0.2) is 29.1 Å². The van der Waals surface area contributed by atoms with Gasteiger partial charge < -0.3 is 4.74 Å². The zero-order valence-electron chi connectivity index (χ0n) is 9.11. The molecule has 2 rings (SSSR count). The number of hydrogen-bond acceptors (Lipinski definition) is 6. The highest BCUT2D eigenvalue weighted by Crippen LogP contribution is 2.28. The molecule has 0 fully saturated rings. The maximum absolute atomic E-state index is 10.8. The third-order valence-electron chi connectivity index (χ3n) is 2.18. The second-order valence-electron chi connectivity index (χ2n) is 3.37. The first-order valence-corrected chi connectivity index (χ1v) is 5.88. The summed E-state index contributed by atoms with van der Waals surface area (Å²) in [5.41, 5.74) is 2.49. The highest BCUT2D eigenvalue weighted by molar-refractivity contribution is 7.07. The van der Waals surface area contributed by atoms with Crippen LogP contribution in [0.4, 0.5) is 5.69 Å². The summed E-state index contributed by atoms with van der Waals surface area (Å²) in [6, 6.07) is 3.97. The van der Waals surface area contributed by atoms with Gasteiger partial charge in [0.2, 0.25) is 0 Å². The molecule has 0 spiro atoms. The average Bonchev–Trinajstić information content (AvgIpc) is 2.88. The molecule has 0 amide bonds. The summed E-state index contributed by atoms with van der Waals surface area (Å²) in [7, 11) is 0. The van der Waals surface area contributed by atoms with Gasteiger partial charge in [-0.3, -0.25) is 14.9 Å². The molecule has 0 N–H and O–H groups in total. The second-order valence-corrected chi connectivity index (χ2v) is 4.09. The van der Waals surface area contributed by atoms with Gasteiger partial charge in [0, 0.05) is 17.0 Å². The van der Waals surface area contributed by atoms with Crippen molar-refractivity contribution in [2.75, 3.05) is 0 Å². The number of nitro groups is 1. The Morgan fingerprint density at radius 3 is 2.94 bits per heavy atom. The molecule has 0 saturated carbocycles. The van der Waals surface area contributed by atoms with Crippen molar-refractivity contribution in [2.24, 2.45) is 0 Å². The van der Waals surface area contributed by atoms with Crippen molar-refractivity contribution in [1.82, 2.24) is 4.98 Å². The maximum atomic E-state index is 10.8. The van der Waals surface area contributed by atoms with E-state index in [1.807, 2.05) is 0 Å². The molecule has 0 radical (unpaired) electrons. The van der Waals surface area contributed by atoms with E-state index in [1.54, 1.807) is 10.9 Å². The number of thiazole rings is 1. The van der Waals surface area contributed by atoms with Crippen LogP contribution in [0.5, 0.6) is 5.75 Å². The normalized spacial score (nSPS) is 10.0. The minimum atomic E-state index is -0.551. The fraction of sp³-hybridized carbons (Fsp3) is 0.0909. The number of rotatable bonds is 5. The molecule has 0 atom stereocenters. The van der Waals surface area contributed by atoms with Crippen molar-refractivity contribution in [1.29, 1.82) is 0 Å². The number of hydrogen-bond donors (Lipinski definition) is 0. The van der Waals surface area contributed by atoms with Gasteiger partial charge in [-0.05, 0) is 12.1 Å². The predicted molar refractivity (Wildman–Crippen MR) is 64.9 cm³/mol. The van der Waals surface area contributed by atoms with Gasteiger partial charge in [0.05, 0.1) is 16.1 Å². The standard InChI is InChI=1S/C11H8N2O4S/c14-4-8-1-2-10(13(15)16)11(3-8)17-5-9-6-18-7-12-9/h1-4,6-7H,5H2. The van der Waals surface area contributed by atoms with Gasteiger partial charge in [0.25, 0.3) is 0 Å². The van der Waals surface area contributed by atoms with E-state index >= 15 is 0 Å². The molecule has 0 aliphatic rings. The Morgan fingerprint density at radius 2 is 2.33 bits per heavy atom. The Labute approximate surface area is 106 Å². The van der Waals surface area contributed by atoms with Gasteiger partial charge in [0.15, 0.2) is 5.75 Å². The average molecular weight is 264 g/mol. The Balaban J connectivity index is 2.23. The number of nitro benzene ring substituents is 1. The van der Waals surface area contributed by atoms with Crippen LogP contribution in [0.3, 0.4) is 0 Å². The molecule has 6 nitrogen and oxygen atoms in total. The molecule has 0 aliphatic heterocycles. The lowest BCUT2D eigenvalue weighted by atomic mass is 10.2. The third kappa shape index (κ3) is 2.69. The fourth-order valence-corrected chi connectivity index (χ4v) is 1.87. The summed E-state index contributed by atoms with van der Waals surface area (Å²) in [4.78, 5) is 24.9. The van der Waals surface area contributed by atoms with Crippen molar-refractivity contribution in [3.05, 3.63) is 50.5 Å². The SMILES string of the molecule is O=Cc1ccc([N+](=O)[O-])c(OCc2cscn2)c1. The molecule has 0 saturated heterocycles. The maximum Gasteiger partial charge on any atom is 0.310 e. The summed E-state index contributed by atoms with van der Waals surface area (Å²) in [6.07, 6.45) is 0.611. The Hall–Kier alpha value is -2.28. The molecule has 92 valence electrons. The van der Waals surface area contributed by atoms with Crippen LogP contribution in [-0.4, -0.2) is 16.2 Å². The largest absolute Gasteiger partial charge is 0.480 e. The molecule has 18 heavy (non-hydrogen) atoms. The van der Waals surface area contributed by atoms with Crippen molar-refractivity contribution in [2.45, 2.75) is 6.61 Å². The molecular formula is C11H8N2O4S. The van der Waals surface area contributed by atoms with Crippen molar-refractivity contribution in [3.8, 4) is 5.75 Å². The molecule has 0 aliphatic carbocycles. The Morgan fingerprint density at radius 1 is 1.50 bits per heavy atom. The van der Waals surface area contributed by atoms with Crippen LogP contribution in [0, 0.1) is 10.1 Å². The van der Waals surface area contributed by atoms with Crippen LogP contribution < -0.4 is 4.74 Å². The quantitative estimate of drug-likeness (QED) is 0.470. The highest BCUT2D eigenvalue weighted by atomic mass is 32.1. The minimum absolute atomic E-state index is 0.0672. The topological polar surface area (TPSA) is 82.3 Å². The van der Waals surface area contributed by atoms with E-state index in [-0.39, 0.29) is 18.0 Å². The molecule has 1 aromatic carbocycles. The predicted octanol–water partition coefficient (Wildman–Crippen LogP) is 2.44. The van der Waals surface area contributed by atoms with E-state index in [2.05, 4.69) is 4.98 Å². The summed E-state index contributed by atoms with van der Waals surface area (Å²) in [5, 5.41) is 12.6. The lowest BCUT2D eigenvalue weighted by molar-refractivity contribution is -0.385. The number of nitrogens with zero attached hydrogens (tertiary/aromatic N) is 2. The van der Waals surface area contributed by atoms with E-state index in [1.165, 1.54) is 29.5 Å². The molecule has 1 aromatic heterocycles. The van der Waals surface area contributed by atoms with Gasteiger partial charge in [0.1, 0.15) is 12.9 Å². The molecule has 7 heteroatoms. The van der Waals surface area contributed by atoms with Crippen molar-refractivity contribution in [3.63, 3.8) is 0 Å². The summed E-state index contributed by atoms with van der Waals surface area (Å²) in [6.45, 7) is 0.132. The van der Waals surface area contributed by atoms with E-state index in [0.717, 1.165) is 0 Å². The number of benzene rings is 1. The lowest BCUT2D eigenvalue weighted by Gasteiger charge is -2.05. The fourth-order valence-electron chi connectivity index (χ4n) is 1.33. The Kier molecular flexibility index (Phi) is 3.63. The Bertz CT molecular complexity index is 568. The molecule has 1 heterocycles. The highest BCUT2D eigenvalue weighted by Gasteiger charge is 2.15. The van der Waals surface area contributed by atoms with E-state index < -0.39 is 4.92 Å². The molecule has 2 aromatic rings. The van der Waals surface area contributed by atoms with Crippen molar-refractivity contribution >= 4 is 23.3 Å². The summed E-state index contributed by atoms with van der Waals surface area (Å²) < 4.78 is 5.33. The number of aldehydes is 1. The zero-order valence-corrected chi connectivity index (χ0v) is 9.92. The van der Waals surface area contributed by atoms with Crippen LogP contribution in [-0.2, 0) is 6.61 Å². The first-order valence-electron chi connectivity index (χ1n) is 4.94. The first-order chi connectivity index (χ1) is 8.70. The van der Waals surface area contributed by atoms with E-state index in [9.17, 15) is 14.9 Å². The van der Waals surface area contributed by atoms with E-state index in [0.29, 0.717) is 17.5 Å². The number of carbonyl (C=O) groups is 1. The molecular weight excluding hydrogens is 256 g/mol. The van der Waals surface area contributed by atoms with Gasteiger partial charge in [-0.1, -0.05) is 0 Å². The molecule has 0 unspecified atom stereocenters. The third-order valence-corrected chi connectivity index (χ3v) is 2.81.